The Labute approximate surface area is 129 Å². The maximum Gasteiger partial charge on any atom is 0.286 e. The molecule has 2 N–H and O–H groups in total. The van der Waals surface area contributed by atoms with Crippen LogP contribution in [-0.4, -0.2) is 44.8 Å². The van der Waals surface area contributed by atoms with Gasteiger partial charge in [-0.15, -0.1) is 0 Å². The summed E-state index contributed by atoms with van der Waals surface area (Å²) in [4.78, 5) is 23.0. The fourth-order valence-corrected chi connectivity index (χ4v) is 2.18. The number of hydrogen-bond donors (Lipinski definition) is 2. The van der Waals surface area contributed by atoms with Gasteiger partial charge in [0.2, 0.25) is 5.91 Å². The Morgan fingerprint density at radius 3 is 2.95 bits per heavy atom. The van der Waals surface area contributed by atoms with Crippen LogP contribution in [0.5, 0.6) is 0 Å². The minimum Gasteiger partial charge on any atom is -0.454 e. The lowest BCUT2D eigenvalue weighted by molar-refractivity contribution is -0.128. The lowest BCUT2D eigenvalue weighted by Crippen LogP contribution is -2.30. The summed E-state index contributed by atoms with van der Waals surface area (Å²) < 4.78 is 16.2. The Morgan fingerprint density at radius 2 is 2.23 bits per heavy atom. The van der Waals surface area contributed by atoms with Crippen LogP contribution in [0.2, 0.25) is 0 Å². The summed E-state index contributed by atoms with van der Waals surface area (Å²) in [6.07, 6.45) is 3.32. The van der Waals surface area contributed by atoms with Crippen LogP contribution in [0.25, 0.3) is 0 Å². The number of carbonyl (C=O) groups is 2. The summed E-state index contributed by atoms with van der Waals surface area (Å²) in [5.74, 6) is 0.210. The summed E-state index contributed by atoms with van der Waals surface area (Å²) in [6.45, 7) is 1.42. The average molecular weight is 310 g/mol. The molecule has 1 aliphatic heterocycles. The maximum absolute atomic E-state index is 11.7. The van der Waals surface area contributed by atoms with Crippen LogP contribution in [0, 0.1) is 0 Å². The lowest BCUT2D eigenvalue weighted by atomic mass is 10.1. The van der Waals surface area contributed by atoms with Crippen LogP contribution in [0.4, 0.5) is 0 Å². The average Bonchev–Trinajstić information content (AvgIpc) is 3.02. The molecule has 1 aliphatic rings. The fourth-order valence-electron chi connectivity index (χ4n) is 2.18. The molecule has 0 bridgehead atoms. The molecule has 1 saturated heterocycles. The van der Waals surface area contributed by atoms with Gasteiger partial charge in [-0.25, -0.2) is 0 Å². The van der Waals surface area contributed by atoms with Crippen molar-refractivity contribution >= 4 is 11.8 Å². The molecule has 2 rings (SSSR count). The van der Waals surface area contributed by atoms with Gasteiger partial charge in [0.05, 0.1) is 19.3 Å². The summed E-state index contributed by atoms with van der Waals surface area (Å²) in [7, 11) is 1.53. The molecule has 0 spiro atoms. The van der Waals surface area contributed by atoms with Crippen molar-refractivity contribution in [1.29, 1.82) is 0 Å². The van der Waals surface area contributed by atoms with Crippen LogP contribution in [0.1, 0.15) is 35.6 Å². The van der Waals surface area contributed by atoms with Gasteiger partial charge in [-0.1, -0.05) is 0 Å². The van der Waals surface area contributed by atoms with Gasteiger partial charge in [-0.2, -0.15) is 0 Å². The second kappa shape index (κ2) is 8.55. The number of rotatable bonds is 7. The van der Waals surface area contributed by atoms with Crippen molar-refractivity contribution in [2.75, 3.05) is 26.9 Å². The zero-order chi connectivity index (χ0) is 15.8. The van der Waals surface area contributed by atoms with E-state index in [1.165, 1.54) is 7.05 Å². The summed E-state index contributed by atoms with van der Waals surface area (Å²) in [6, 6.07) is 3.22. The molecule has 0 aromatic carbocycles. The van der Waals surface area contributed by atoms with Crippen molar-refractivity contribution < 1.29 is 23.5 Å². The number of nitrogens with one attached hydrogen (secondary N) is 2. The highest BCUT2D eigenvalue weighted by Crippen LogP contribution is 2.12. The van der Waals surface area contributed by atoms with E-state index in [2.05, 4.69) is 10.6 Å². The second-order valence-corrected chi connectivity index (χ2v) is 5.13. The summed E-state index contributed by atoms with van der Waals surface area (Å²) >= 11 is 0. The van der Waals surface area contributed by atoms with Gasteiger partial charge in [0.15, 0.2) is 5.76 Å². The first-order valence-electron chi connectivity index (χ1n) is 7.46. The predicted molar refractivity (Wildman–Crippen MR) is 78.4 cm³/mol. The van der Waals surface area contributed by atoms with Gasteiger partial charge in [-0.05, 0) is 31.4 Å². The van der Waals surface area contributed by atoms with Gasteiger partial charge >= 0.3 is 0 Å². The highest BCUT2D eigenvalue weighted by atomic mass is 16.5. The lowest BCUT2D eigenvalue weighted by Gasteiger charge is -2.22. The number of ether oxygens (including phenoxy) is 2. The van der Waals surface area contributed by atoms with Gasteiger partial charge in [0, 0.05) is 13.7 Å². The van der Waals surface area contributed by atoms with Crippen molar-refractivity contribution in [3.8, 4) is 0 Å². The Kier molecular flexibility index (Phi) is 6.42. The topological polar surface area (TPSA) is 89.8 Å². The Morgan fingerprint density at radius 1 is 1.36 bits per heavy atom. The number of furan rings is 1. The second-order valence-electron chi connectivity index (χ2n) is 5.13. The van der Waals surface area contributed by atoms with Gasteiger partial charge < -0.3 is 24.5 Å². The normalized spacial score (nSPS) is 18.0. The van der Waals surface area contributed by atoms with Crippen LogP contribution in [-0.2, 0) is 20.8 Å². The first-order chi connectivity index (χ1) is 10.7. The van der Waals surface area contributed by atoms with Crippen molar-refractivity contribution in [3.05, 3.63) is 23.7 Å². The third kappa shape index (κ3) is 5.16. The molecule has 2 amide bonds. The van der Waals surface area contributed by atoms with E-state index in [0.717, 1.165) is 25.9 Å². The molecule has 1 atom stereocenters. The summed E-state index contributed by atoms with van der Waals surface area (Å²) in [5, 5.41) is 5.14. The zero-order valence-corrected chi connectivity index (χ0v) is 12.7. The molecule has 1 aromatic rings. The molecule has 0 saturated carbocycles. The first-order valence-corrected chi connectivity index (χ1v) is 7.46. The number of carbonyl (C=O) groups excluding carboxylic acids is 2. The van der Waals surface area contributed by atoms with E-state index in [9.17, 15) is 9.59 Å². The molecule has 2 heterocycles. The molecule has 7 nitrogen and oxygen atoms in total. The Hall–Kier alpha value is -1.86. The zero-order valence-electron chi connectivity index (χ0n) is 12.7. The Bertz CT molecular complexity index is 494. The Balaban J connectivity index is 1.62. The molecule has 22 heavy (non-hydrogen) atoms. The number of hydrogen-bond acceptors (Lipinski definition) is 5. The van der Waals surface area contributed by atoms with Crippen LogP contribution in [0.3, 0.4) is 0 Å². The fraction of sp³-hybridized carbons (Fsp3) is 0.600. The van der Waals surface area contributed by atoms with Crippen molar-refractivity contribution in [2.45, 2.75) is 31.9 Å². The standard InChI is InChI=1S/C15H22N2O5/c1-16-15(19)13-6-5-11(22-13)8-17-14(18)10-20-9-12-4-2-3-7-21-12/h5-6,12H,2-4,7-10H2,1H3,(H,16,19)(H,17,18)/t12-/m1/s1. The van der Waals surface area contributed by atoms with Gasteiger partial charge in [-0.3, -0.25) is 9.59 Å². The molecule has 7 heteroatoms. The first kappa shape index (κ1) is 16.5. The maximum atomic E-state index is 11.7. The van der Waals surface area contributed by atoms with Crippen LogP contribution < -0.4 is 10.6 Å². The third-order valence-corrected chi connectivity index (χ3v) is 3.38. The smallest absolute Gasteiger partial charge is 0.286 e. The van der Waals surface area contributed by atoms with Gasteiger partial charge in [0.1, 0.15) is 12.4 Å². The van der Waals surface area contributed by atoms with E-state index < -0.39 is 0 Å². The largest absolute Gasteiger partial charge is 0.454 e. The summed E-state index contributed by atoms with van der Waals surface area (Å²) in [5.41, 5.74) is 0. The van der Waals surface area contributed by atoms with E-state index in [0.29, 0.717) is 12.4 Å². The SMILES string of the molecule is CNC(=O)c1ccc(CNC(=O)COC[C@H]2CCCCO2)o1. The molecular weight excluding hydrogens is 288 g/mol. The molecule has 122 valence electrons. The molecule has 0 radical (unpaired) electrons. The minimum absolute atomic E-state index is 0.0110. The van der Waals surface area contributed by atoms with E-state index in [1.807, 2.05) is 0 Å². The molecule has 0 aliphatic carbocycles. The van der Waals surface area contributed by atoms with Crippen LogP contribution >= 0.6 is 0 Å². The molecule has 1 fully saturated rings. The number of amides is 2. The highest BCUT2D eigenvalue weighted by Gasteiger charge is 2.14. The third-order valence-electron chi connectivity index (χ3n) is 3.38. The predicted octanol–water partition coefficient (Wildman–Crippen LogP) is 0.841. The van der Waals surface area contributed by atoms with E-state index in [4.69, 9.17) is 13.9 Å². The highest BCUT2D eigenvalue weighted by molar-refractivity contribution is 5.91. The van der Waals surface area contributed by atoms with Crippen molar-refractivity contribution in [1.82, 2.24) is 10.6 Å². The van der Waals surface area contributed by atoms with E-state index in [-0.39, 0.29) is 36.8 Å². The minimum atomic E-state index is -0.298. The van der Waals surface area contributed by atoms with Gasteiger partial charge in [0.25, 0.3) is 5.91 Å². The van der Waals surface area contributed by atoms with Crippen molar-refractivity contribution in [3.63, 3.8) is 0 Å². The van der Waals surface area contributed by atoms with Crippen LogP contribution in [0.15, 0.2) is 16.5 Å². The van der Waals surface area contributed by atoms with E-state index >= 15 is 0 Å². The molecule has 0 unspecified atom stereocenters. The van der Waals surface area contributed by atoms with E-state index in [1.54, 1.807) is 12.1 Å². The monoisotopic (exact) mass is 310 g/mol. The van der Waals surface area contributed by atoms with Crippen molar-refractivity contribution in [2.24, 2.45) is 0 Å². The molecular formula is C15H22N2O5. The quantitative estimate of drug-likeness (QED) is 0.779. The molecule has 1 aromatic heterocycles.